The van der Waals surface area contributed by atoms with E-state index >= 15 is 0 Å². The monoisotopic (exact) mass is 177 g/mol. The van der Waals surface area contributed by atoms with Crippen molar-refractivity contribution in [2.75, 3.05) is 0 Å². The van der Waals surface area contributed by atoms with Crippen LogP contribution in [-0.2, 0) is 0 Å². The minimum atomic E-state index is -1.03. The molecule has 0 aliphatic heterocycles. The van der Waals surface area contributed by atoms with Crippen molar-refractivity contribution in [3.63, 3.8) is 0 Å². The highest BCUT2D eigenvalue weighted by Gasteiger charge is 2.13. The van der Waals surface area contributed by atoms with Crippen LogP contribution < -0.4 is 0 Å². The second kappa shape index (κ2) is 2.55. The molecule has 0 bridgehead atoms. The number of hydrogen-bond acceptors (Lipinski definition) is 3. The molecule has 0 radical (unpaired) electrons. The van der Waals surface area contributed by atoms with E-state index < -0.39 is 5.97 Å². The van der Waals surface area contributed by atoms with Gasteiger partial charge >= 0.3 is 5.97 Å². The van der Waals surface area contributed by atoms with E-state index in [1.54, 1.807) is 19.3 Å². The molecule has 2 rings (SSSR count). The van der Waals surface area contributed by atoms with E-state index in [9.17, 15) is 4.79 Å². The molecule has 0 unspecified atom stereocenters. The number of aromatic nitrogens is 3. The summed E-state index contributed by atoms with van der Waals surface area (Å²) >= 11 is 0. The van der Waals surface area contributed by atoms with Crippen molar-refractivity contribution >= 4 is 11.5 Å². The Morgan fingerprint density at radius 2 is 2.38 bits per heavy atom. The Morgan fingerprint density at radius 1 is 1.62 bits per heavy atom. The molecule has 2 aromatic rings. The molecule has 5 heteroatoms. The zero-order valence-electron chi connectivity index (χ0n) is 6.93. The molecular formula is C8H7N3O2. The van der Waals surface area contributed by atoms with Gasteiger partial charge in [-0.15, -0.1) is 0 Å². The number of aromatic carboxylic acids is 1. The fourth-order valence-corrected chi connectivity index (χ4v) is 1.23. The molecule has 66 valence electrons. The zero-order valence-corrected chi connectivity index (χ0v) is 6.93. The molecule has 0 aromatic carbocycles. The summed E-state index contributed by atoms with van der Waals surface area (Å²) in [5.74, 6) is -1.01. The average Bonchev–Trinajstić information content (AvgIpc) is 2.45. The summed E-state index contributed by atoms with van der Waals surface area (Å²) in [5.41, 5.74) is 1.39. The van der Waals surface area contributed by atoms with E-state index in [2.05, 4.69) is 9.97 Å². The maximum atomic E-state index is 10.7. The summed E-state index contributed by atoms with van der Waals surface area (Å²) in [5, 5.41) is 8.79. The summed E-state index contributed by atoms with van der Waals surface area (Å²) < 4.78 is 1.50. The Bertz CT molecular complexity index is 475. The lowest BCUT2D eigenvalue weighted by molar-refractivity contribution is 0.0682. The molecule has 0 atom stereocenters. The first-order valence-corrected chi connectivity index (χ1v) is 3.72. The van der Waals surface area contributed by atoms with Crippen LogP contribution in [0.15, 0.2) is 18.6 Å². The van der Waals surface area contributed by atoms with Gasteiger partial charge in [0, 0.05) is 12.4 Å². The van der Waals surface area contributed by atoms with Gasteiger partial charge in [-0.3, -0.25) is 9.38 Å². The number of carboxylic acid groups (broad SMARTS) is 1. The van der Waals surface area contributed by atoms with E-state index in [-0.39, 0.29) is 5.82 Å². The van der Waals surface area contributed by atoms with E-state index in [0.717, 1.165) is 5.52 Å². The molecule has 0 amide bonds. The molecule has 0 saturated carbocycles. The average molecular weight is 177 g/mol. The van der Waals surface area contributed by atoms with Crippen molar-refractivity contribution in [2.24, 2.45) is 0 Å². The van der Waals surface area contributed by atoms with Crippen molar-refractivity contribution in [3.05, 3.63) is 30.1 Å². The number of rotatable bonds is 1. The van der Waals surface area contributed by atoms with Crippen LogP contribution in [0.2, 0.25) is 0 Å². The van der Waals surface area contributed by atoms with Gasteiger partial charge < -0.3 is 5.11 Å². The normalized spacial score (nSPS) is 10.5. The van der Waals surface area contributed by atoms with Gasteiger partial charge in [-0.25, -0.2) is 9.78 Å². The molecule has 13 heavy (non-hydrogen) atoms. The first kappa shape index (κ1) is 7.72. The second-order valence-electron chi connectivity index (χ2n) is 2.66. The SMILES string of the molecule is Cc1nc(C(=O)O)n2ccncc12. The van der Waals surface area contributed by atoms with Crippen molar-refractivity contribution in [3.8, 4) is 0 Å². The lowest BCUT2D eigenvalue weighted by Gasteiger charge is -1.93. The zero-order chi connectivity index (χ0) is 9.42. The maximum absolute atomic E-state index is 10.7. The van der Waals surface area contributed by atoms with Gasteiger partial charge in [0.25, 0.3) is 0 Å². The van der Waals surface area contributed by atoms with E-state index in [4.69, 9.17) is 5.11 Å². The largest absolute Gasteiger partial charge is 0.475 e. The Balaban J connectivity index is 2.85. The standard InChI is InChI=1S/C8H7N3O2/c1-5-6-4-9-2-3-11(6)7(10-5)8(12)13/h2-4H,1H3,(H,12,13). The number of aryl methyl sites for hydroxylation is 1. The van der Waals surface area contributed by atoms with Crippen molar-refractivity contribution in [2.45, 2.75) is 6.92 Å². The van der Waals surface area contributed by atoms with Crippen molar-refractivity contribution in [1.82, 2.24) is 14.4 Å². The minimum Gasteiger partial charge on any atom is -0.475 e. The highest BCUT2D eigenvalue weighted by molar-refractivity contribution is 5.85. The third kappa shape index (κ3) is 1.05. The van der Waals surface area contributed by atoms with Crippen LogP contribution >= 0.6 is 0 Å². The van der Waals surface area contributed by atoms with Crippen LogP contribution in [-0.4, -0.2) is 25.4 Å². The molecule has 0 aliphatic carbocycles. The van der Waals surface area contributed by atoms with Crippen LogP contribution in [0.25, 0.3) is 5.52 Å². The second-order valence-corrected chi connectivity index (χ2v) is 2.66. The van der Waals surface area contributed by atoms with Crippen molar-refractivity contribution in [1.29, 1.82) is 0 Å². The van der Waals surface area contributed by atoms with Gasteiger partial charge in [-0.05, 0) is 6.92 Å². The molecular weight excluding hydrogens is 170 g/mol. The molecule has 5 nitrogen and oxygen atoms in total. The Kier molecular flexibility index (Phi) is 1.51. The third-order valence-corrected chi connectivity index (χ3v) is 1.82. The molecule has 0 saturated heterocycles. The van der Waals surface area contributed by atoms with Gasteiger partial charge in [0.1, 0.15) is 0 Å². The first-order chi connectivity index (χ1) is 6.20. The van der Waals surface area contributed by atoms with Gasteiger partial charge in [-0.2, -0.15) is 0 Å². The number of imidazole rings is 1. The predicted molar refractivity (Wildman–Crippen MR) is 44.7 cm³/mol. The van der Waals surface area contributed by atoms with Crippen LogP contribution in [0.3, 0.4) is 0 Å². The van der Waals surface area contributed by atoms with E-state index in [1.165, 1.54) is 10.6 Å². The number of fused-ring (bicyclic) bond motifs is 1. The Hall–Kier alpha value is -1.91. The van der Waals surface area contributed by atoms with Gasteiger partial charge in [0.2, 0.25) is 5.82 Å². The van der Waals surface area contributed by atoms with E-state index in [1.807, 2.05) is 0 Å². The highest BCUT2D eigenvalue weighted by Crippen LogP contribution is 2.09. The number of nitrogens with zero attached hydrogens (tertiary/aromatic N) is 3. The van der Waals surface area contributed by atoms with Crippen LogP contribution in [0.5, 0.6) is 0 Å². The number of hydrogen-bond donors (Lipinski definition) is 1. The first-order valence-electron chi connectivity index (χ1n) is 3.72. The summed E-state index contributed by atoms with van der Waals surface area (Å²) in [6.07, 6.45) is 4.70. The van der Waals surface area contributed by atoms with Crippen molar-refractivity contribution < 1.29 is 9.90 Å². The maximum Gasteiger partial charge on any atom is 0.372 e. The molecule has 2 heterocycles. The fraction of sp³-hybridized carbons (Fsp3) is 0.125. The molecule has 0 aliphatic rings. The van der Waals surface area contributed by atoms with Gasteiger partial charge in [0.05, 0.1) is 17.4 Å². The van der Waals surface area contributed by atoms with Gasteiger partial charge in [-0.1, -0.05) is 0 Å². The third-order valence-electron chi connectivity index (χ3n) is 1.82. The predicted octanol–water partition coefficient (Wildman–Crippen LogP) is 0.736. The molecule has 1 N–H and O–H groups in total. The summed E-state index contributed by atoms with van der Waals surface area (Å²) in [6.45, 7) is 1.75. The summed E-state index contributed by atoms with van der Waals surface area (Å²) in [7, 11) is 0. The quantitative estimate of drug-likeness (QED) is 0.697. The van der Waals surface area contributed by atoms with Gasteiger partial charge in [0.15, 0.2) is 0 Å². The molecule has 0 spiro atoms. The fourth-order valence-electron chi connectivity index (χ4n) is 1.23. The molecule has 0 fully saturated rings. The smallest absolute Gasteiger partial charge is 0.372 e. The topological polar surface area (TPSA) is 67.5 Å². The van der Waals surface area contributed by atoms with Crippen LogP contribution in [0, 0.1) is 6.92 Å². The lowest BCUT2D eigenvalue weighted by Crippen LogP contribution is -2.03. The highest BCUT2D eigenvalue weighted by atomic mass is 16.4. The summed E-state index contributed by atoms with van der Waals surface area (Å²) in [4.78, 5) is 18.5. The Labute approximate surface area is 73.7 Å². The lowest BCUT2D eigenvalue weighted by atomic mass is 10.4. The van der Waals surface area contributed by atoms with Crippen LogP contribution in [0.4, 0.5) is 0 Å². The number of carboxylic acids is 1. The minimum absolute atomic E-state index is 0.0231. The summed E-state index contributed by atoms with van der Waals surface area (Å²) in [6, 6.07) is 0. The van der Waals surface area contributed by atoms with E-state index in [0.29, 0.717) is 5.69 Å². The molecule has 2 aromatic heterocycles. The number of carbonyl (C=O) groups is 1. The Morgan fingerprint density at radius 3 is 3.08 bits per heavy atom. The van der Waals surface area contributed by atoms with Crippen LogP contribution in [0.1, 0.15) is 16.3 Å².